The average Bonchev–Trinajstić information content (AvgIpc) is 2.64. The third-order valence-electron chi connectivity index (χ3n) is 1.94. The van der Waals surface area contributed by atoms with Crippen molar-refractivity contribution >= 4 is 22.4 Å². The third-order valence-corrected chi connectivity index (χ3v) is 2.90. The molecular weight excluding hydrogens is 214 g/mol. The van der Waals surface area contributed by atoms with Crippen molar-refractivity contribution < 1.29 is 9.53 Å². The number of nitrogens with zero attached hydrogens (tertiary/aromatic N) is 3. The van der Waals surface area contributed by atoms with Crippen LogP contribution >= 0.6 is 11.3 Å². The lowest BCUT2D eigenvalue weighted by Gasteiger charge is -2.13. The lowest BCUT2D eigenvalue weighted by molar-refractivity contribution is -0.140. The molecule has 0 spiro atoms. The molecule has 1 aromatic heterocycles. The van der Waals surface area contributed by atoms with Crippen molar-refractivity contribution in [1.29, 1.82) is 0 Å². The summed E-state index contributed by atoms with van der Waals surface area (Å²) in [6.07, 6.45) is 1.21. The first kappa shape index (κ1) is 11.9. The maximum atomic E-state index is 10.9. The fraction of sp³-hybridized carbons (Fsp3) is 0.667. The summed E-state index contributed by atoms with van der Waals surface area (Å²) in [5, 5.41) is 9.78. The fourth-order valence-electron chi connectivity index (χ4n) is 1.10. The highest BCUT2D eigenvalue weighted by atomic mass is 32.1. The number of ether oxygens (including phenoxy) is 1. The van der Waals surface area contributed by atoms with Crippen LogP contribution in [0.25, 0.3) is 0 Å². The molecule has 0 radical (unpaired) electrons. The Labute approximate surface area is 93.1 Å². The Hall–Kier alpha value is -1.17. The summed E-state index contributed by atoms with van der Waals surface area (Å²) in [4.78, 5) is 12.9. The van der Waals surface area contributed by atoms with E-state index in [0.29, 0.717) is 6.42 Å². The van der Waals surface area contributed by atoms with Gasteiger partial charge in [0.15, 0.2) is 0 Å². The minimum atomic E-state index is -0.170. The highest BCUT2D eigenvalue weighted by Crippen LogP contribution is 2.18. The zero-order chi connectivity index (χ0) is 11.3. The van der Waals surface area contributed by atoms with Gasteiger partial charge in [-0.05, 0) is 13.3 Å². The van der Waals surface area contributed by atoms with Crippen LogP contribution < -0.4 is 4.90 Å². The lowest BCUT2D eigenvalue weighted by atomic mass is 10.3. The van der Waals surface area contributed by atoms with Crippen molar-refractivity contribution in [3.8, 4) is 0 Å². The number of hydrogen-bond donors (Lipinski definition) is 0. The highest BCUT2D eigenvalue weighted by molar-refractivity contribution is 7.15. The number of anilines is 1. The SMILES string of the molecule is COC(=O)CCCN(C)c1nnc(C)s1. The van der Waals surface area contributed by atoms with E-state index in [1.807, 2.05) is 18.9 Å². The Morgan fingerprint density at radius 3 is 2.80 bits per heavy atom. The average molecular weight is 229 g/mol. The van der Waals surface area contributed by atoms with Crippen LogP contribution in [0.4, 0.5) is 5.13 Å². The van der Waals surface area contributed by atoms with Crippen molar-refractivity contribution in [2.24, 2.45) is 0 Å². The highest BCUT2D eigenvalue weighted by Gasteiger charge is 2.07. The summed E-state index contributed by atoms with van der Waals surface area (Å²) in [5.41, 5.74) is 0. The number of aryl methyl sites for hydroxylation is 1. The van der Waals surface area contributed by atoms with Gasteiger partial charge in [0.2, 0.25) is 5.13 Å². The van der Waals surface area contributed by atoms with E-state index in [1.165, 1.54) is 7.11 Å². The number of carbonyl (C=O) groups is 1. The first-order valence-electron chi connectivity index (χ1n) is 4.71. The molecule has 0 unspecified atom stereocenters. The molecule has 5 nitrogen and oxygen atoms in total. The second-order valence-electron chi connectivity index (χ2n) is 3.20. The minimum absolute atomic E-state index is 0.170. The predicted molar refractivity (Wildman–Crippen MR) is 59.2 cm³/mol. The van der Waals surface area contributed by atoms with Gasteiger partial charge in [-0.25, -0.2) is 0 Å². The maximum absolute atomic E-state index is 10.9. The Morgan fingerprint density at radius 2 is 2.27 bits per heavy atom. The summed E-state index contributed by atoms with van der Waals surface area (Å²) >= 11 is 1.55. The van der Waals surface area contributed by atoms with Gasteiger partial charge in [-0.2, -0.15) is 0 Å². The predicted octanol–water partition coefficient (Wildman–Crippen LogP) is 1.24. The smallest absolute Gasteiger partial charge is 0.305 e. The summed E-state index contributed by atoms with van der Waals surface area (Å²) in [5.74, 6) is -0.170. The van der Waals surface area contributed by atoms with Crippen LogP contribution in [0.1, 0.15) is 17.8 Å². The fourth-order valence-corrected chi connectivity index (χ4v) is 1.77. The quantitative estimate of drug-likeness (QED) is 0.711. The lowest BCUT2D eigenvalue weighted by Crippen LogP contribution is -2.19. The van der Waals surface area contributed by atoms with Crippen LogP contribution in [0.5, 0.6) is 0 Å². The van der Waals surface area contributed by atoms with E-state index < -0.39 is 0 Å². The molecule has 0 aromatic carbocycles. The van der Waals surface area contributed by atoms with E-state index in [4.69, 9.17) is 0 Å². The monoisotopic (exact) mass is 229 g/mol. The molecule has 0 amide bonds. The van der Waals surface area contributed by atoms with Crippen molar-refractivity contribution in [2.45, 2.75) is 19.8 Å². The molecule has 0 aliphatic rings. The van der Waals surface area contributed by atoms with Crippen LogP contribution in [0.3, 0.4) is 0 Å². The molecule has 1 heterocycles. The molecule has 0 bridgehead atoms. The van der Waals surface area contributed by atoms with E-state index in [1.54, 1.807) is 11.3 Å². The van der Waals surface area contributed by atoms with Gasteiger partial charge in [-0.15, -0.1) is 10.2 Å². The van der Waals surface area contributed by atoms with Gasteiger partial charge in [0.1, 0.15) is 5.01 Å². The first-order valence-corrected chi connectivity index (χ1v) is 5.53. The standard InChI is InChI=1S/C9H15N3O2S/c1-7-10-11-9(15-7)12(2)6-4-5-8(13)14-3/h4-6H2,1-3H3. The van der Waals surface area contributed by atoms with Gasteiger partial charge in [0.05, 0.1) is 7.11 Å². The van der Waals surface area contributed by atoms with Gasteiger partial charge in [0, 0.05) is 20.0 Å². The molecule has 0 aliphatic carbocycles. The van der Waals surface area contributed by atoms with Crippen molar-refractivity contribution in [1.82, 2.24) is 10.2 Å². The van der Waals surface area contributed by atoms with Gasteiger partial charge in [-0.3, -0.25) is 4.79 Å². The van der Waals surface area contributed by atoms with Crippen LogP contribution in [-0.2, 0) is 9.53 Å². The maximum Gasteiger partial charge on any atom is 0.305 e. The first-order chi connectivity index (χ1) is 7.13. The molecular formula is C9H15N3O2S. The number of esters is 1. The van der Waals surface area contributed by atoms with Crippen LogP contribution in [0, 0.1) is 6.92 Å². The molecule has 0 aliphatic heterocycles. The molecule has 0 fully saturated rings. The summed E-state index contributed by atoms with van der Waals surface area (Å²) < 4.78 is 4.56. The van der Waals surface area contributed by atoms with Crippen molar-refractivity contribution in [3.05, 3.63) is 5.01 Å². The molecule has 1 aromatic rings. The molecule has 15 heavy (non-hydrogen) atoms. The van der Waals surface area contributed by atoms with E-state index in [2.05, 4.69) is 14.9 Å². The molecule has 84 valence electrons. The van der Waals surface area contributed by atoms with E-state index >= 15 is 0 Å². The largest absolute Gasteiger partial charge is 0.469 e. The van der Waals surface area contributed by atoms with Crippen molar-refractivity contribution in [2.75, 3.05) is 25.6 Å². The molecule has 1 rings (SSSR count). The summed E-state index contributed by atoms with van der Waals surface area (Å²) in [6, 6.07) is 0. The molecule has 0 saturated heterocycles. The zero-order valence-electron chi connectivity index (χ0n) is 9.19. The van der Waals surface area contributed by atoms with Crippen LogP contribution in [-0.4, -0.2) is 36.9 Å². The van der Waals surface area contributed by atoms with Gasteiger partial charge < -0.3 is 9.64 Å². The third kappa shape index (κ3) is 3.83. The van der Waals surface area contributed by atoms with Crippen LogP contribution in [0.15, 0.2) is 0 Å². The van der Waals surface area contributed by atoms with Gasteiger partial charge in [0.25, 0.3) is 0 Å². The van der Waals surface area contributed by atoms with Crippen molar-refractivity contribution in [3.63, 3.8) is 0 Å². The number of methoxy groups -OCH3 is 1. The molecule has 0 saturated carbocycles. The Morgan fingerprint density at radius 1 is 1.53 bits per heavy atom. The second-order valence-corrected chi connectivity index (χ2v) is 4.36. The minimum Gasteiger partial charge on any atom is -0.469 e. The number of rotatable bonds is 5. The molecule has 0 atom stereocenters. The number of aromatic nitrogens is 2. The zero-order valence-corrected chi connectivity index (χ0v) is 10.0. The number of hydrogen-bond acceptors (Lipinski definition) is 6. The topological polar surface area (TPSA) is 55.3 Å². The Bertz CT molecular complexity index is 327. The summed E-state index contributed by atoms with van der Waals surface area (Å²) in [6.45, 7) is 2.70. The Kier molecular flexibility index (Phi) is 4.48. The summed E-state index contributed by atoms with van der Waals surface area (Å²) in [7, 11) is 3.34. The second kappa shape index (κ2) is 5.65. The van der Waals surface area contributed by atoms with Crippen LogP contribution in [0.2, 0.25) is 0 Å². The Balaban J connectivity index is 2.30. The van der Waals surface area contributed by atoms with E-state index in [-0.39, 0.29) is 5.97 Å². The van der Waals surface area contributed by atoms with Gasteiger partial charge in [-0.1, -0.05) is 11.3 Å². The van der Waals surface area contributed by atoms with E-state index in [0.717, 1.165) is 23.1 Å². The molecule has 6 heteroatoms. The number of carbonyl (C=O) groups excluding carboxylic acids is 1. The normalized spacial score (nSPS) is 10.1. The van der Waals surface area contributed by atoms with E-state index in [9.17, 15) is 4.79 Å². The molecule has 0 N–H and O–H groups in total. The van der Waals surface area contributed by atoms with Gasteiger partial charge >= 0.3 is 5.97 Å².